The minimum Gasteiger partial charge on any atom is -0.367 e. The maximum Gasteiger partial charge on any atom is 0.264 e. The summed E-state index contributed by atoms with van der Waals surface area (Å²) in [5, 5.41) is 4.62. The number of likely N-dealkylation sites (N-methyl/N-ethyl adjacent to an activating group) is 1. The van der Waals surface area contributed by atoms with Crippen LogP contribution in [0.3, 0.4) is 0 Å². The van der Waals surface area contributed by atoms with E-state index in [4.69, 9.17) is 0 Å². The molecule has 1 saturated carbocycles. The Kier molecular flexibility index (Phi) is 4.84. The molecule has 2 fully saturated rings. The Morgan fingerprint density at radius 1 is 1.27 bits per heavy atom. The largest absolute Gasteiger partial charge is 0.367 e. The second kappa shape index (κ2) is 7.12. The van der Waals surface area contributed by atoms with E-state index in [0.717, 1.165) is 46.0 Å². The van der Waals surface area contributed by atoms with Crippen LogP contribution in [0.4, 0.5) is 5.82 Å². The van der Waals surface area contributed by atoms with Crippen LogP contribution in [0.1, 0.15) is 47.3 Å². The molecule has 2 aromatic heterocycles. The maximum atomic E-state index is 13.1. The number of hydrogen-bond acceptors (Lipinski definition) is 6. The Labute approximate surface area is 158 Å². The Balaban J connectivity index is 1.62. The Morgan fingerprint density at radius 3 is 2.73 bits per heavy atom. The summed E-state index contributed by atoms with van der Waals surface area (Å²) < 4.78 is 0. The summed E-state index contributed by atoms with van der Waals surface area (Å²) in [6, 6.07) is 0.944. The summed E-state index contributed by atoms with van der Waals surface area (Å²) in [5.74, 6) is 1.03. The van der Waals surface area contributed by atoms with Gasteiger partial charge < -0.3 is 15.1 Å². The summed E-state index contributed by atoms with van der Waals surface area (Å²) >= 11 is 1.50. The molecule has 2 aromatic rings. The standard InChI is InChI=1S/C19H27N5OS/c1-12-15-17(22-13-6-4-5-7-13)20-11-21-18(15)26-16(12)19(25)24-9-8-14(10-24)23(2)3/h11,13-14H,4-10H2,1-3H3,(H,20,21,22). The van der Waals surface area contributed by atoms with E-state index >= 15 is 0 Å². The van der Waals surface area contributed by atoms with E-state index in [0.29, 0.717) is 12.1 Å². The fraction of sp³-hybridized carbons (Fsp3) is 0.632. The van der Waals surface area contributed by atoms with Crippen LogP contribution < -0.4 is 5.32 Å². The number of likely N-dealkylation sites (tertiary alicyclic amines) is 1. The molecule has 1 aliphatic carbocycles. The van der Waals surface area contributed by atoms with Crippen LogP contribution in [-0.2, 0) is 0 Å². The number of anilines is 1. The van der Waals surface area contributed by atoms with Gasteiger partial charge in [-0.25, -0.2) is 9.97 Å². The Bertz CT molecular complexity index is 812. The van der Waals surface area contributed by atoms with Crippen molar-refractivity contribution in [1.82, 2.24) is 19.8 Å². The normalized spacial score (nSPS) is 21.2. The molecule has 7 heteroatoms. The summed E-state index contributed by atoms with van der Waals surface area (Å²) in [7, 11) is 4.17. The quantitative estimate of drug-likeness (QED) is 0.892. The van der Waals surface area contributed by atoms with Crippen molar-refractivity contribution in [3.63, 3.8) is 0 Å². The second-order valence-corrected chi connectivity index (χ2v) is 8.74. The number of fused-ring (bicyclic) bond motifs is 1. The number of carbonyl (C=O) groups is 1. The lowest BCUT2D eigenvalue weighted by atomic mass is 10.1. The molecule has 0 spiro atoms. The molecule has 0 bridgehead atoms. The number of rotatable bonds is 4. The van der Waals surface area contributed by atoms with Crippen molar-refractivity contribution < 1.29 is 4.79 Å². The number of hydrogen-bond donors (Lipinski definition) is 1. The zero-order valence-electron chi connectivity index (χ0n) is 15.8. The molecule has 140 valence electrons. The average molecular weight is 374 g/mol. The molecular weight excluding hydrogens is 346 g/mol. The van der Waals surface area contributed by atoms with Crippen LogP contribution in [0, 0.1) is 6.92 Å². The smallest absolute Gasteiger partial charge is 0.264 e. The lowest BCUT2D eigenvalue weighted by Gasteiger charge is -2.20. The van der Waals surface area contributed by atoms with Crippen molar-refractivity contribution in [1.29, 1.82) is 0 Å². The Hall–Kier alpha value is -1.73. The maximum absolute atomic E-state index is 13.1. The molecule has 0 aromatic carbocycles. The minimum absolute atomic E-state index is 0.140. The van der Waals surface area contributed by atoms with Crippen molar-refractivity contribution in [3.05, 3.63) is 16.8 Å². The molecule has 4 rings (SSSR count). The topological polar surface area (TPSA) is 61.4 Å². The van der Waals surface area contributed by atoms with Crippen molar-refractivity contribution >= 4 is 33.3 Å². The monoisotopic (exact) mass is 373 g/mol. The third-order valence-electron chi connectivity index (χ3n) is 5.80. The van der Waals surface area contributed by atoms with Crippen LogP contribution in [-0.4, -0.2) is 64.9 Å². The number of carbonyl (C=O) groups excluding carboxylic acids is 1. The fourth-order valence-electron chi connectivity index (χ4n) is 4.14. The zero-order valence-corrected chi connectivity index (χ0v) is 16.6. The van der Waals surface area contributed by atoms with Crippen LogP contribution in [0.25, 0.3) is 10.2 Å². The number of nitrogens with one attached hydrogen (secondary N) is 1. The number of aryl methyl sites for hydroxylation is 1. The van der Waals surface area contributed by atoms with Gasteiger partial charge in [-0.1, -0.05) is 12.8 Å². The fourth-order valence-corrected chi connectivity index (χ4v) is 5.26. The zero-order chi connectivity index (χ0) is 18.3. The molecule has 1 amide bonds. The molecular formula is C19H27N5OS. The highest BCUT2D eigenvalue weighted by atomic mass is 32.1. The van der Waals surface area contributed by atoms with E-state index in [1.165, 1.54) is 37.0 Å². The third kappa shape index (κ3) is 3.18. The average Bonchev–Trinajstić information content (AvgIpc) is 3.35. The van der Waals surface area contributed by atoms with Gasteiger partial charge >= 0.3 is 0 Å². The number of nitrogens with zero attached hydrogens (tertiary/aromatic N) is 4. The first-order valence-corrected chi connectivity index (χ1v) is 10.3. The van der Waals surface area contributed by atoms with Gasteiger partial charge in [-0.2, -0.15) is 0 Å². The van der Waals surface area contributed by atoms with E-state index in [1.807, 2.05) is 11.8 Å². The van der Waals surface area contributed by atoms with Gasteiger partial charge in [-0.05, 0) is 45.8 Å². The van der Waals surface area contributed by atoms with Gasteiger partial charge in [0.05, 0.1) is 10.3 Å². The van der Waals surface area contributed by atoms with E-state index in [-0.39, 0.29) is 5.91 Å². The molecule has 1 aliphatic heterocycles. The third-order valence-corrected chi connectivity index (χ3v) is 6.99. The van der Waals surface area contributed by atoms with Gasteiger partial charge in [0, 0.05) is 25.2 Å². The van der Waals surface area contributed by atoms with Gasteiger partial charge in [0.2, 0.25) is 0 Å². The highest BCUT2D eigenvalue weighted by Gasteiger charge is 2.31. The van der Waals surface area contributed by atoms with E-state index < -0.39 is 0 Å². The van der Waals surface area contributed by atoms with E-state index in [2.05, 4.69) is 34.3 Å². The predicted molar refractivity (Wildman–Crippen MR) is 106 cm³/mol. The first kappa shape index (κ1) is 17.7. The van der Waals surface area contributed by atoms with Gasteiger partial charge in [0.15, 0.2) is 0 Å². The van der Waals surface area contributed by atoms with Gasteiger partial charge in [0.25, 0.3) is 5.91 Å². The van der Waals surface area contributed by atoms with Crippen LogP contribution in [0.5, 0.6) is 0 Å². The molecule has 1 unspecified atom stereocenters. The van der Waals surface area contributed by atoms with E-state index in [9.17, 15) is 4.79 Å². The van der Waals surface area contributed by atoms with Crippen molar-refractivity contribution in [2.45, 2.75) is 51.1 Å². The second-order valence-electron chi connectivity index (χ2n) is 7.74. The van der Waals surface area contributed by atoms with Crippen molar-refractivity contribution in [3.8, 4) is 0 Å². The predicted octanol–water partition coefficient (Wildman–Crippen LogP) is 3.13. The lowest BCUT2D eigenvalue weighted by Crippen LogP contribution is -2.34. The molecule has 26 heavy (non-hydrogen) atoms. The molecule has 1 N–H and O–H groups in total. The van der Waals surface area contributed by atoms with Crippen LogP contribution in [0.15, 0.2) is 6.33 Å². The Morgan fingerprint density at radius 2 is 2.04 bits per heavy atom. The van der Waals surface area contributed by atoms with Gasteiger partial charge in [0.1, 0.15) is 17.0 Å². The lowest BCUT2D eigenvalue weighted by molar-refractivity contribution is 0.0787. The highest BCUT2D eigenvalue weighted by molar-refractivity contribution is 7.20. The van der Waals surface area contributed by atoms with E-state index in [1.54, 1.807) is 6.33 Å². The number of thiophene rings is 1. The highest BCUT2D eigenvalue weighted by Crippen LogP contribution is 2.35. The van der Waals surface area contributed by atoms with Gasteiger partial charge in [-0.3, -0.25) is 4.79 Å². The first-order chi connectivity index (χ1) is 12.5. The van der Waals surface area contributed by atoms with Crippen LogP contribution in [0.2, 0.25) is 0 Å². The molecule has 1 saturated heterocycles. The summed E-state index contributed by atoms with van der Waals surface area (Å²) in [5.41, 5.74) is 1.02. The molecule has 0 radical (unpaired) electrons. The summed E-state index contributed by atoms with van der Waals surface area (Å²) in [4.78, 5) is 28.0. The molecule has 1 atom stereocenters. The SMILES string of the molecule is Cc1c(C(=O)N2CCC(N(C)C)C2)sc2ncnc(NC3CCCC3)c12. The number of amides is 1. The van der Waals surface area contributed by atoms with Gasteiger partial charge in [-0.15, -0.1) is 11.3 Å². The molecule has 3 heterocycles. The minimum atomic E-state index is 0.140. The van der Waals surface area contributed by atoms with Crippen molar-refractivity contribution in [2.24, 2.45) is 0 Å². The molecule has 6 nitrogen and oxygen atoms in total. The molecule has 2 aliphatic rings. The van der Waals surface area contributed by atoms with Crippen LogP contribution >= 0.6 is 11.3 Å². The van der Waals surface area contributed by atoms with Crippen molar-refractivity contribution in [2.75, 3.05) is 32.5 Å². The first-order valence-electron chi connectivity index (χ1n) is 9.51. The number of aromatic nitrogens is 2. The summed E-state index contributed by atoms with van der Waals surface area (Å²) in [6.07, 6.45) is 7.60. The summed E-state index contributed by atoms with van der Waals surface area (Å²) in [6.45, 7) is 3.67.